The Morgan fingerprint density at radius 3 is 1.49 bits per heavy atom. The predicted molar refractivity (Wildman–Crippen MR) is 254 cm³/mol. The third kappa shape index (κ3) is 41.1. The van der Waals surface area contributed by atoms with Crippen molar-refractivity contribution in [2.45, 2.75) is 167 Å². The zero-order valence-corrected chi connectivity index (χ0v) is 39.0. The van der Waals surface area contributed by atoms with Gasteiger partial charge in [0.1, 0.15) is 12.6 Å². The number of likely N-dealkylation sites (N-methyl/N-ethyl adjacent to an activating group) is 1. The van der Waals surface area contributed by atoms with E-state index < -0.39 is 18.1 Å². The fraction of sp³-hybridized carbons (Fsp3) is 0.604. The van der Waals surface area contributed by atoms with E-state index in [0.29, 0.717) is 12.8 Å². The second-order valence-corrected chi connectivity index (χ2v) is 16.3. The van der Waals surface area contributed by atoms with E-state index in [0.717, 1.165) is 77.0 Å². The van der Waals surface area contributed by atoms with Crippen molar-refractivity contribution >= 4 is 17.9 Å². The van der Waals surface area contributed by atoms with Crippen LogP contribution >= 0.6 is 0 Å². The highest BCUT2D eigenvalue weighted by molar-refractivity contribution is 5.70. The molecule has 0 radical (unpaired) electrons. The second-order valence-electron chi connectivity index (χ2n) is 16.3. The number of carboxylic acids is 1. The van der Waals surface area contributed by atoms with Crippen molar-refractivity contribution in [1.29, 1.82) is 0 Å². The molecule has 0 spiro atoms. The summed E-state index contributed by atoms with van der Waals surface area (Å²) >= 11 is 0. The fourth-order valence-electron chi connectivity index (χ4n) is 6.20. The van der Waals surface area contributed by atoms with E-state index in [2.05, 4.69) is 74.6 Å². The van der Waals surface area contributed by atoms with Gasteiger partial charge in [-0.3, -0.25) is 9.59 Å². The van der Waals surface area contributed by atoms with Crippen molar-refractivity contribution in [2.75, 3.05) is 41.0 Å². The Bertz CT molecular complexity index is 1360. The average molecular weight is 848 g/mol. The van der Waals surface area contributed by atoms with Gasteiger partial charge in [0.2, 0.25) is 0 Å². The second kappa shape index (κ2) is 42.7. The molecule has 0 aliphatic rings. The first-order valence-electron chi connectivity index (χ1n) is 23.5. The number of hydrogen-bond donors (Lipinski definition) is 0. The number of allylic oxidation sites excluding steroid dienone is 18. The number of nitrogens with zero attached hydrogens (tertiary/aromatic N) is 1. The topological polar surface area (TPSA) is 102 Å². The van der Waals surface area contributed by atoms with Gasteiger partial charge in [-0.15, -0.1) is 0 Å². The van der Waals surface area contributed by atoms with Crippen LogP contribution in [0.3, 0.4) is 0 Å². The highest BCUT2D eigenvalue weighted by Gasteiger charge is 2.25. The normalized spacial score (nSPS) is 13.9. The Morgan fingerprint density at radius 1 is 0.508 bits per heavy atom. The van der Waals surface area contributed by atoms with Crippen LogP contribution in [0.5, 0.6) is 0 Å². The quantitative estimate of drug-likeness (QED) is 0.0199. The van der Waals surface area contributed by atoms with E-state index in [9.17, 15) is 19.5 Å². The van der Waals surface area contributed by atoms with E-state index in [1.807, 2.05) is 48.6 Å². The van der Waals surface area contributed by atoms with Gasteiger partial charge >= 0.3 is 11.9 Å². The molecule has 0 bridgehead atoms. The molecule has 0 saturated heterocycles. The maximum absolute atomic E-state index is 12.7. The van der Waals surface area contributed by atoms with Crippen LogP contribution in [-0.4, -0.2) is 75.5 Å². The molecular formula is C53H85NO7. The first-order valence-corrected chi connectivity index (χ1v) is 23.5. The van der Waals surface area contributed by atoms with E-state index in [1.54, 1.807) is 21.1 Å². The smallest absolute Gasteiger partial charge is 0.306 e. The van der Waals surface area contributed by atoms with E-state index in [4.69, 9.17) is 14.2 Å². The predicted octanol–water partition coefficient (Wildman–Crippen LogP) is 11.9. The van der Waals surface area contributed by atoms with E-state index in [1.165, 1.54) is 38.5 Å². The monoisotopic (exact) mass is 848 g/mol. The molecule has 0 amide bonds. The number of carboxylic acid groups (broad SMARTS) is 1. The largest absolute Gasteiger partial charge is 0.544 e. The number of carbonyl (C=O) groups is 3. The number of carbonyl (C=O) groups excluding carboxylic acids is 3. The molecule has 0 aromatic heterocycles. The number of ether oxygens (including phenoxy) is 3. The summed E-state index contributed by atoms with van der Waals surface area (Å²) in [6.45, 7) is 4.33. The molecule has 2 unspecified atom stereocenters. The molecule has 0 aromatic carbocycles. The minimum atomic E-state index is -1.14. The summed E-state index contributed by atoms with van der Waals surface area (Å²) in [6, 6.07) is -0.742. The summed E-state index contributed by atoms with van der Waals surface area (Å²) in [5.41, 5.74) is 0. The van der Waals surface area contributed by atoms with Crippen LogP contribution in [0.1, 0.15) is 155 Å². The molecule has 0 aromatic rings. The van der Waals surface area contributed by atoms with Gasteiger partial charge in [0, 0.05) is 19.3 Å². The van der Waals surface area contributed by atoms with Gasteiger partial charge < -0.3 is 28.6 Å². The Kier molecular flexibility index (Phi) is 39.9. The third-order valence-corrected chi connectivity index (χ3v) is 9.78. The van der Waals surface area contributed by atoms with Crippen molar-refractivity contribution in [3.8, 4) is 0 Å². The molecule has 8 nitrogen and oxygen atoms in total. The van der Waals surface area contributed by atoms with Crippen LogP contribution < -0.4 is 5.11 Å². The molecule has 0 saturated carbocycles. The van der Waals surface area contributed by atoms with Gasteiger partial charge in [0.05, 0.1) is 40.3 Å². The summed E-state index contributed by atoms with van der Waals surface area (Å²) in [6.07, 6.45) is 58.3. The van der Waals surface area contributed by atoms with Gasteiger partial charge in [-0.25, -0.2) is 0 Å². The SMILES string of the molecule is CC/C=C/C=C/C=C/C=C/C=C/CCCCCC(=O)OC(COCCC(C(=O)[O-])[N+](C)(C)C)COC(=O)CCCCCCCCCCC/C=C/C/C=C/C/C=C/C/C=C/CC. The van der Waals surface area contributed by atoms with Crippen LogP contribution in [0.15, 0.2) is 109 Å². The maximum atomic E-state index is 12.7. The van der Waals surface area contributed by atoms with Crippen molar-refractivity contribution in [3.05, 3.63) is 109 Å². The molecule has 0 fully saturated rings. The molecule has 2 atom stereocenters. The highest BCUT2D eigenvalue weighted by Crippen LogP contribution is 2.13. The lowest BCUT2D eigenvalue weighted by Crippen LogP contribution is -2.55. The minimum Gasteiger partial charge on any atom is -0.544 e. The van der Waals surface area contributed by atoms with Crippen LogP contribution in [0, 0.1) is 0 Å². The summed E-state index contributed by atoms with van der Waals surface area (Å²) in [5, 5.41) is 11.6. The van der Waals surface area contributed by atoms with Gasteiger partial charge in [-0.1, -0.05) is 175 Å². The van der Waals surface area contributed by atoms with Gasteiger partial charge in [0.25, 0.3) is 0 Å². The summed E-state index contributed by atoms with van der Waals surface area (Å²) in [4.78, 5) is 36.9. The Balaban J connectivity index is 4.36. The highest BCUT2D eigenvalue weighted by atomic mass is 16.6. The number of quaternary nitrogens is 1. The van der Waals surface area contributed by atoms with Gasteiger partial charge in [0.15, 0.2) is 6.10 Å². The lowest BCUT2D eigenvalue weighted by molar-refractivity contribution is -0.889. The lowest BCUT2D eigenvalue weighted by atomic mass is 10.1. The van der Waals surface area contributed by atoms with E-state index in [-0.39, 0.29) is 49.1 Å². The summed E-state index contributed by atoms with van der Waals surface area (Å²) in [7, 11) is 5.38. The number of rotatable bonds is 40. The summed E-state index contributed by atoms with van der Waals surface area (Å²) < 4.78 is 17.1. The molecule has 344 valence electrons. The molecule has 0 aliphatic heterocycles. The van der Waals surface area contributed by atoms with Crippen molar-refractivity contribution in [3.63, 3.8) is 0 Å². The molecule has 0 N–H and O–H groups in total. The zero-order chi connectivity index (χ0) is 44.9. The zero-order valence-electron chi connectivity index (χ0n) is 39.0. The minimum absolute atomic E-state index is 0.0139. The number of esters is 2. The lowest BCUT2D eigenvalue weighted by Gasteiger charge is -2.34. The van der Waals surface area contributed by atoms with Crippen LogP contribution in [0.25, 0.3) is 0 Å². The molecule has 0 aliphatic carbocycles. The van der Waals surface area contributed by atoms with Crippen LogP contribution in [-0.2, 0) is 28.6 Å². The summed E-state index contributed by atoms with van der Waals surface area (Å²) in [5.74, 6) is -1.81. The van der Waals surface area contributed by atoms with Crippen molar-refractivity contribution in [1.82, 2.24) is 0 Å². The Morgan fingerprint density at radius 2 is 0.951 bits per heavy atom. The Labute approximate surface area is 372 Å². The molecule has 0 heterocycles. The fourth-order valence-corrected chi connectivity index (χ4v) is 6.20. The first-order chi connectivity index (χ1) is 29.6. The van der Waals surface area contributed by atoms with Crippen molar-refractivity contribution < 1.29 is 38.2 Å². The molecule has 8 heteroatoms. The third-order valence-electron chi connectivity index (χ3n) is 9.78. The number of aliphatic carboxylic acids is 1. The average Bonchev–Trinajstić information content (AvgIpc) is 3.22. The molecular weight excluding hydrogens is 763 g/mol. The molecule has 61 heavy (non-hydrogen) atoms. The van der Waals surface area contributed by atoms with Gasteiger partial charge in [-0.2, -0.15) is 0 Å². The van der Waals surface area contributed by atoms with Crippen LogP contribution in [0.4, 0.5) is 0 Å². The standard InChI is InChI=1S/C53H85NO7/c1-6-8-10-12-14-16-18-20-22-23-24-25-26-27-28-30-31-33-35-37-39-41-43-51(55)60-48-49(47-59-46-45-50(53(57)58)54(3,4)5)61-52(56)44-42-40-38-36-34-32-29-21-19-17-15-13-11-9-7-2/h8-11,13-17,19-22,24-25,29,32,34,49-50H,6-7,12,18,23,26-28,30-31,33,35-48H2,1-5H3/b10-8+,11-9+,15-13+,16-14+,19-17+,22-20+,25-24+,29-21+,34-32+. The maximum Gasteiger partial charge on any atom is 0.306 e. The number of unbranched alkanes of at least 4 members (excludes halogenated alkanes) is 12. The number of hydrogen-bond acceptors (Lipinski definition) is 7. The first kappa shape index (κ1) is 57.0. The van der Waals surface area contributed by atoms with Gasteiger partial charge in [-0.05, 0) is 70.6 Å². The molecule has 0 rings (SSSR count). The van der Waals surface area contributed by atoms with Crippen molar-refractivity contribution in [2.24, 2.45) is 0 Å². The van der Waals surface area contributed by atoms with Crippen LogP contribution in [0.2, 0.25) is 0 Å². The van der Waals surface area contributed by atoms with E-state index >= 15 is 0 Å². The Hall–Kier alpha value is -4.01.